The largest absolute Gasteiger partial charge is 0.496 e. The molecule has 4 rings (SSSR count). The Kier molecular flexibility index (Phi) is 8.18. The molecule has 0 aliphatic heterocycles. The first-order valence-electron chi connectivity index (χ1n) is 11.9. The molecular formula is C30H27N3O5S. The van der Waals surface area contributed by atoms with Crippen LogP contribution in [0.25, 0.3) is 17.3 Å². The second-order valence-electron chi connectivity index (χ2n) is 8.60. The number of carbonyl (C=O) groups excluding carboxylic acids is 1. The minimum absolute atomic E-state index is 0.180. The highest BCUT2D eigenvalue weighted by Gasteiger charge is 2.19. The van der Waals surface area contributed by atoms with Gasteiger partial charge < -0.3 is 19.5 Å². The molecule has 0 saturated heterocycles. The van der Waals surface area contributed by atoms with E-state index in [4.69, 9.17) is 14.2 Å². The first kappa shape index (κ1) is 27.2. The van der Waals surface area contributed by atoms with Gasteiger partial charge in [0.2, 0.25) is 0 Å². The number of nitrogens with one attached hydrogen (secondary N) is 1. The molecular weight excluding hydrogens is 514 g/mol. The number of hydrogen-bond acceptors (Lipinski definition) is 7. The van der Waals surface area contributed by atoms with Crippen LogP contribution in [0.3, 0.4) is 0 Å². The highest BCUT2D eigenvalue weighted by Crippen LogP contribution is 2.34. The molecule has 3 aromatic carbocycles. The molecule has 0 fully saturated rings. The van der Waals surface area contributed by atoms with Crippen molar-refractivity contribution in [3.05, 3.63) is 96.9 Å². The van der Waals surface area contributed by atoms with Gasteiger partial charge in [-0.15, -0.1) is 11.3 Å². The Morgan fingerprint density at radius 2 is 1.64 bits per heavy atom. The molecule has 0 bridgehead atoms. The van der Waals surface area contributed by atoms with E-state index >= 15 is 0 Å². The number of amides is 1. The second kappa shape index (κ2) is 11.7. The average molecular weight is 542 g/mol. The summed E-state index contributed by atoms with van der Waals surface area (Å²) in [5.41, 5.74) is 2.91. The first-order valence-corrected chi connectivity index (χ1v) is 12.7. The third-order valence-electron chi connectivity index (χ3n) is 6.03. The SMILES string of the molecule is COc1cc(OC)c(OC)cc1/C=c1\s/c(=C(/C#N)C(=O)Nc2cccc(C)c2)n(-c2ccccc2C)c1=O. The number of para-hydroxylation sites is 1. The number of methoxy groups -OCH3 is 3. The fraction of sp³-hybridized carbons (Fsp3) is 0.167. The van der Waals surface area contributed by atoms with Crippen LogP contribution in [0.4, 0.5) is 5.69 Å². The van der Waals surface area contributed by atoms with Crippen molar-refractivity contribution in [1.29, 1.82) is 5.26 Å². The molecule has 39 heavy (non-hydrogen) atoms. The Balaban J connectivity index is 2.02. The number of aromatic nitrogens is 1. The van der Waals surface area contributed by atoms with Crippen molar-refractivity contribution in [2.45, 2.75) is 13.8 Å². The molecule has 0 atom stereocenters. The molecule has 198 valence electrons. The zero-order valence-corrected chi connectivity index (χ0v) is 23.0. The third kappa shape index (κ3) is 5.56. The molecule has 0 aliphatic carbocycles. The number of nitriles is 1. The lowest BCUT2D eigenvalue weighted by molar-refractivity contribution is -0.111. The fourth-order valence-corrected chi connectivity index (χ4v) is 5.19. The van der Waals surface area contributed by atoms with Gasteiger partial charge in [0, 0.05) is 17.3 Å². The predicted octanol–water partition coefficient (Wildman–Crippen LogP) is 3.68. The Morgan fingerprint density at radius 1 is 0.949 bits per heavy atom. The van der Waals surface area contributed by atoms with E-state index in [2.05, 4.69) is 5.32 Å². The molecule has 0 spiro atoms. The smallest absolute Gasteiger partial charge is 0.273 e. The molecule has 1 N–H and O–H groups in total. The van der Waals surface area contributed by atoms with Crippen molar-refractivity contribution in [3.8, 4) is 29.0 Å². The number of nitrogens with zero attached hydrogens (tertiary/aromatic N) is 2. The Hall–Kier alpha value is -4.81. The van der Waals surface area contributed by atoms with Crippen LogP contribution in [0.15, 0.2) is 65.5 Å². The topological polar surface area (TPSA) is 103 Å². The van der Waals surface area contributed by atoms with Crippen molar-refractivity contribution in [1.82, 2.24) is 4.57 Å². The maximum atomic E-state index is 13.9. The fourth-order valence-electron chi connectivity index (χ4n) is 4.10. The summed E-state index contributed by atoms with van der Waals surface area (Å²) in [4.78, 5) is 27.2. The number of hydrogen-bond donors (Lipinski definition) is 1. The predicted molar refractivity (Wildman–Crippen MR) is 152 cm³/mol. The molecule has 0 unspecified atom stereocenters. The van der Waals surface area contributed by atoms with Crippen LogP contribution in [0, 0.1) is 25.2 Å². The molecule has 1 aromatic heterocycles. The monoisotopic (exact) mass is 541 g/mol. The summed E-state index contributed by atoms with van der Waals surface area (Å²) < 4.78 is 18.3. The van der Waals surface area contributed by atoms with Gasteiger partial charge in [0.25, 0.3) is 11.5 Å². The number of anilines is 1. The maximum Gasteiger partial charge on any atom is 0.273 e. The van der Waals surface area contributed by atoms with Crippen LogP contribution < -0.4 is 34.3 Å². The quantitative estimate of drug-likeness (QED) is 0.383. The number of benzene rings is 3. The molecule has 0 saturated carbocycles. The molecule has 0 radical (unpaired) electrons. The van der Waals surface area contributed by atoms with Gasteiger partial charge in [0.1, 0.15) is 16.5 Å². The van der Waals surface area contributed by atoms with Gasteiger partial charge in [-0.1, -0.05) is 30.3 Å². The van der Waals surface area contributed by atoms with Gasteiger partial charge in [-0.3, -0.25) is 14.2 Å². The van der Waals surface area contributed by atoms with Crippen molar-refractivity contribution < 1.29 is 19.0 Å². The first-order chi connectivity index (χ1) is 18.8. The van der Waals surface area contributed by atoms with E-state index in [1.807, 2.05) is 44.2 Å². The van der Waals surface area contributed by atoms with E-state index in [-0.39, 0.29) is 15.8 Å². The summed E-state index contributed by atoms with van der Waals surface area (Å²) in [6.07, 6.45) is 1.65. The highest BCUT2D eigenvalue weighted by molar-refractivity contribution is 7.07. The third-order valence-corrected chi connectivity index (χ3v) is 7.12. The molecule has 1 heterocycles. The molecule has 1 amide bonds. The number of ether oxygens (including phenoxy) is 3. The van der Waals surface area contributed by atoms with Crippen LogP contribution in [0.5, 0.6) is 17.2 Å². The van der Waals surface area contributed by atoms with E-state index in [1.165, 1.54) is 25.9 Å². The molecule has 8 nitrogen and oxygen atoms in total. The minimum atomic E-state index is -0.609. The van der Waals surface area contributed by atoms with Crippen molar-refractivity contribution >= 4 is 34.6 Å². The number of thiazole rings is 1. The van der Waals surface area contributed by atoms with Crippen molar-refractivity contribution in [2.75, 3.05) is 26.6 Å². The van der Waals surface area contributed by atoms with E-state index in [0.29, 0.717) is 38.7 Å². The van der Waals surface area contributed by atoms with Crippen LogP contribution in [-0.2, 0) is 4.79 Å². The van der Waals surface area contributed by atoms with E-state index in [9.17, 15) is 14.9 Å². The molecule has 4 aromatic rings. The van der Waals surface area contributed by atoms with Gasteiger partial charge >= 0.3 is 0 Å². The van der Waals surface area contributed by atoms with Crippen LogP contribution in [0.2, 0.25) is 0 Å². The summed E-state index contributed by atoms with van der Waals surface area (Å²) >= 11 is 1.05. The Labute approximate surface area is 229 Å². The standard InChI is InChI=1S/C30H27N3O5S/c1-18-9-8-11-21(13-18)32-28(34)22(17-31)30-33(23-12-7-6-10-19(23)2)29(35)27(39-30)15-20-14-25(37-4)26(38-5)16-24(20)36-3/h6-16H,1-5H3,(H,32,34)/b27-15-,30-22-. The highest BCUT2D eigenvalue weighted by atomic mass is 32.1. The Morgan fingerprint density at radius 3 is 2.28 bits per heavy atom. The summed E-state index contributed by atoms with van der Waals surface area (Å²) in [5.74, 6) is 0.791. The zero-order valence-electron chi connectivity index (χ0n) is 22.2. The molecule has 0 aliphatic rings. The Bertz CT molecular complexity index is 1780. The summed E-state index contributed by atoms with van der Waals surface area (Å²) in [6.45, 7) is 3.77. The van der Waals surface area contributed by atoms with Gasteiger partial charge in [-0.05, 0) is 55.3 Å². The number of rotatable bonds is 7. The normalized spacial score (nSPS) is 11.9. The minimum Gasteiger partial charge on any atom is -0.496 e. The number of aryl methyl sites for hydroxylation is 2. The number of carbonyl (C=O) groups is 1. The summed E-state index contributed by atoms with van der Waals surface area (Å²) in [5, 5.41) is 12.9. The lowest BCUT2D eigenvalue weighted by Crippen LogP contribution is -2.32. The van der Waals surface area contributed by atoms with E-state index < -0.39 is 5.91 Å². The van der Waals surface area contributed by atoms with E-state index in [0.717, 1.165) is 22.5 Å². The molecule has 9 heteroatoms. The van der Waals surface area contributed by atoms with Crippen molar-refractivity contribution in [3.63, 3.8) is 0 Å². The zero-order chi connectivity index (χ0) is 28.1. The van der Waals surface area contributed by atoms with Crippen LogP contribution in [0.1, 0.15) is 16.7 Å². The van der Waals surface area contributed by atoms with Gasteiger partial charge in [0.15, 0.2) is 17.1 Å². The van der Waals surface area contributed by atoms with Crippen LogP contribution in [-0.4, -0.2) is 31.8 Å². The van der Waals surface area contributed by atoms with Gasteiger partial charge in [-0.2, -0.15) is 5.26 Å². The maximum absolute atomic E-state index is 13.9. The lowest BCUT2D eigenvalue weighted by atomic mass is 10.1. The van der Waals surface area contributed by atoms with Crippen molar-refractivity contribution in [2.24, 2.45) is 0 Å². The summed E-state index contributed by atoms with van der Waals surface area (Å²) in [6, 6.07) is 20.0. The van der Waals surface area contributed by atoms with Crippen LogP contribution >= 0.6 is 11.3 Å². The van der Waals surface area contributed by atoms with Gasteiger partial charge in [-0.25, -0.2) is 0 Å². The lowest BCUT2D eigenvalue weighted by Gasteiger charge is -2.11. The summed E-state index contributed by atoms with van der Waals surface area (Å²) in [7, 11) is 4.55. The van der Waals surface area contributed by atoms with Gasteiger partial charge in [0.05, 0.1) is 31.5 Å². The average Bonchev–Trinajstić information content (AvgIpc) is 3.23. The second-order valence-corrected chi connectivity index (χ2v) is 9.63. The van der Waals surface area contributed by atoms with E-state index in [1.54, 1.807) is 42.5 Å².